The molecule has 6 heteroatoms. The fourth-order valence-electron chi connectivity index (χ4n) is 4.59. The highest BCUT2D eigenvalue weighted by Crippen LogP contribution is 2.29. The molecule has 38 heavy (non-hydrogen) atoms. The number of hydrogen-bond donors (Lipinski definition) is 1. The predicted molar refractivity (Wildman–Crippen MR) is 157 cm³/mol. The van der Waals surface area contributed by atoms with Gasteiger partial charge in [0, 0.05) is 11.3 Å². The summed E-state index contributed by atoms with van der Waals surface area (Å²) in [7, 11) is 1.64. The Balaban J connectivity index is 1.39. The number of methoxy groups -OCH3 is 1. The molecule has 0 spiro atoms. The van der Waals surface area contributed by atoms with Gasteiger partial charge in [-0.25, -0.2) is 0 Å². The van der Waals surface area contributed by atoms with Gasteiger partial charge in [-0.1, -0.05) is 94.2 Å². The van der Waals surface area contributed by atoms with Crippen molar-refractivity contribution < 1.29 is 18.8 Å². The molecule has 1 aromatic heterocycles. The van der Waals surface area contributed by atoms with Crippen LogP contribution in [0.4, 0.5) is 5.69 Å². The third kappa shape index (κ3) is 10.9. The molecule has 0 bridgehead atoms. The minimum absolute atomic E-state index is 0.0535. The van der Waals surface area contributed by atoms with E-state index in [9.17, 15) is 4.79 Å². The van der Waals surface area contributed by atoms with E-state index in [2.05, 4.69) is 41.5 Å². The molecule has 0 radical (unpaired) electrons. The average Bonchev–Trinajstić information content (AvgIpc) is 3.32. The number of hydrogen-bond acceptors (Lipinski definition) is 4. The number of rotatable bonds is 18. The van der Waals surface area contributed by atoms with Gasteiger partial charge in [-0.05, 0) is 43.2 Å². The number of ether oxygens (including phenoxy) is 2. The zero-order valence-corrected chi connectivity index (χ0v) is 24.3. The summed E-state index contributed by atoms with van der Waals surface area (Å²) in [6.07, 6.45) is 15.4. The largest absolute Gasteiger partial charge is 0.493 e. The summed E-state index contributed by atoms with van der Waals surface area (Å²) in [5, 5.41) is 3.03. The highest BCUT2D eigenvalue weighted by Gasteiger charge is 2.11. The lowest BCUT2D eigenvalue weighted by atomic mass is 10.1. The quantitative estimate of drug-likeness (QED) is 0.133. The van der Waals surface area contributed by atoms with Gasteiger partial charge in [0.05, 0.1) is 25.0 Å². The monoisotopic (exact) mass is 537 g/mol. The van der Waals surface area contributed by atoms with Crippen LogP contribution in [0.25, 0.3) is 0 Å². The van der Waals surface area contributed by atoms with Crippen molar-refractivity contribution >= 4 is 22.9 Å². The van der Waals surface area contributed by atoms with Crippen LogP contribution in [0.2, 0.25) is 0 Å². The molecule has 0 saturated heterocycles. The van der Waals surface area contributed by atoms with Gasteiger partial charge >= 0.3 is 0 Å². The molecule has 0 aliphatic heterocycles. The van der Waals surface area contributed by atoms with E-state index < -0.39 is 0 Å². The Morgan fingerprint density at radius 1 is 0.895 bits per heavy atom. The third-order valence-corrected chi connectivity index (χ3v) is 7.50. The first-order valence-corrected chi connectivity index (χ1v) is 15.1. The fourth-order valence-corrected chi connectivity index (χ4v) is 5.22. The lowest BCUT2D eigenvalue weighted by Crippen LogP contribution is -2.30. The second-order valence-corrected chi connectivity index (χ2v) is 11.2. The van der Waals surface area contributed by atoms with Crippen LogP contribution < -0.4 is 19.4 Å². The molecular formula is C32H45N2O3S+. The maximum atomic E-state index is 12.7. The Labute approximate surface area is 233 Å². The molecule has 3 aromatic rings. The zero-order chi connectivity index (χ0) is 27.0. The zero-order valence-electron chi connectivity index (χ0n) is 23.5. The van der Waals surface area contributed by atoms with Gasteiger partial charge in [0.2, 0.25) is 11.4 Å². The Bertz CT molecular complexity index is 1110. The molecule has 2 aromatic carbocycles. The van der Waals surface area contributed by atoms with Crippen LogP contribution in [-0.2, 0) is 17.8 Å². The smallest absolute Gasteiger partial charge is 0.228 e. The molecule has 3 rings (SSSR count). The highest BCUT2D eigenvalue weighted by atomic mass is 32.1. The molecule has 0 unspecified atom stereocenters. The van der Waals surface area contributed by atoms with Crippen molar-refractivity contribution in [3.63, 3.8) is 0 Å². The van der Waals surface area contributed by atoms with E-state index in [0.29, 0.717) is 12.4 Å². The predicted octanol–water partition coefficient (Wildman–Crippen LogP) is 7.88. The standard InChI is InChI=1S/C32H44N2O3S/c1-4-5-6-7-8-9-10-11-12-13-19-37-30-18-17-27(21-31(30)36-3)22-32(35)33-29-16-14-15-28(20-29)24-34-23-26(2)38-25-34/h14-18,20-21,23,25H,4-13,19,22,24H2,1-3H3/p+1. The minimum atomic E-state index is -0.0535. The molecule has 206 valence electrons. The number of unbranched alkanes of at least 4 members (excludes halogenated alkanes) is 9. The van der Waals surface area contributed by atoms with Crippen LogP contribution in [0.15, 0.2) is 54.2 Å². The van der Waals surface area contributed by atoms with E-state index in [-0.39, 0.29) is 12.3 Å². The first kappa shape index (κ1) is 29.7. The number of benzene rings is 2. The van der Waals surface area contributed by atoms with Crippen molar-refractivity contribution in [1.82, 2.24) is 0 Å². The van der Waals surface area contributed by atoms with Crippen LogP contribution in [0.3, 0.4) is 0 Å². The molecule has 1 heterocycles. The van der Waals surface area contributed by atoms with Crippen molar-refractivity contribution in [1.29, 1.82) is 0 Å². The number of anilines is 1. The number of aryl methyl sites for hydroxylation is 1. The third-order valence-electron chi connectivity index (χ3n) is 6.65. The summed E-state index contributed by atoms with van der Waals surface area (Å²) in [6, 6.07) is 13.8. The molecule has 0 aliphatic rings. The Morgan fingerprint density at radius 3 is 2.32 bits per heavy atom. The average molecular weight is 538 g/mol. The highest BCUT2D eigenvalue weighted by molar-refractivity contribution is 7.09. The summed E-state index contributed by atoms with van der Waals surface area (Å²) in [5.41, 5.74) is 4.96. The van der Waals surface area contributed by atoms with E-state index in [0.717, 1.165) is 35.5 Å². The SMILES string of the molecule is CCCCCCCCCCCCOc1ccc(CC(=O)Nc2cccc(C[n+]3csc(C)c3)c2)cc1OC. The summed E-state index contributed by atoms with van der Waals surface area (Å²) < 4.78 is 13.7. The van der Waals surface area contributed by atoms with Gasteiger partial charge in [0.1, 0.15) is 0 Å². The van der Waals surface area contributed by atoms with Crippen molar-refractivity contribution in [2.24, 2.45) is 0 Å². The molecule has 0 saturated carbocycles. The number of nitrogens with zero attached hydrogens (tertiary/aromatic N) is 1. The normalized spacial score (nSPS) is 10.9. The van der Waals surface area contributed by atoms with Crippen molar-refractivity contribution in [3.05, 3.63) is 70.2 Å². The Hall–Kier alpha value is -2.86. The van der Waals surface area contributed by atoms with Crippen molar-refractivity contribution in [2.75, 3.05) is 19.0 Å². The van der Waals surface area contributed by atoms with Crippen LogP contribution in [0.5, 0.6) is 11.5 Å². The first-order chi connectivity index (χ1) is 18.6. The number of thiazole rings is 1. The number of aromatic nitrogens is 1. The van der Waals surface area contributed by atoms with Crippen molar-refractivity contribution in [2.45, 2.75) is 91.0 Å². The maximum absolute atomic E-state index is 12.7. The lowest BCUT2D eigenvalue weighted by molar-refractivity contribution is -0.683. The van der Waals surface area contributed by atoms with E-state index >= 15 is 0 Å². The van der Waals surface area contributed by atoms with Gasteiger partial charge in [0.15, 0.2) is 24.2 Å². The van der Waals surface area contributed by atoms with Gasteiger partial charge in [0.25, 0.3) is 0 Å². The molecule has 0 atom stereocenters. The van der Waals surface area contributed by atoms with E-state index in [1.807, 2.05) is 36.4 Å². The summed E-state index contributed by atoms with van der Waals surface area (Å²) in [5.74, 6) is 1.36. The van der Waals surface area contributed by atoms with E-state index in [1.54, 1.807) is 18.4 Å². The molecule has 1 amide bonds. The van der Waals surface area contributed by atoms with Gasteiger partial charge < -0.3 is 14.8 Å². The lowest BCUT2D eigenvalue weighted by Gasteiger charge is -2.12. The van der Waals surface area contributed by atoms with Crippen LogP contribution in [-0.4, -0.2) is 19.6 Å². The van der Waals surface area contributed by atoms with Crippen LogP contribution >= 0.6 is 11.3 Å². The number of carbonyl (C=O) groups is 1. The first-order valence-electron chi connectivity index (χ1n) is 14.2. The number of nitrogens with one attached hydrogen (secondary N) is 1. The van der Waals surface area contributed by atoms with Crippen molar-refractivity contribution in [3.8, 4) is 11.5 Å². The fraction of sp³-hybridized carbons (Fsp3) is 0.500. The summed E-state index contributed by atoms with van der Waals surface area (Å²) >= 11 is 1.73. The summed E-state index contributed by atoms with van der Waals surface area (Å²) in [6.45, 7) is 5.84. The van der Waals surface area contributed by atoms with Gasteiger partial charge in [-0.15, -0.1) is 0 Å². The molecule has 1 N–H and O–H groups in total. The second-order valence-electron chi connectivity index (χ2n) is 10.1. The minimum Gasteiger partial charge on any atom is -0.493 e. The second kappa shape index (κ2) is 16.9. The molecule has 0 fully saturated rings. The number of carbonyl (C=O) groups excluding carboxylic acids is 1. The topological polar surface area (TPSA) is 51.4 Å². The van der Waals surface area contributed by atoms with Gasteiger partial charge in [-0.3, -0.25) is 4.79 Å². The number of amides is 1. The van der Waals surface area contributed by atoms with Crippen LogP contribution in [0, 0.1) is 6.92 Å². The molecule has 5 nitrogen and oxygen atoms in total. The molecule has 0 aliphatic carbocycles. The maximum Gasteiger partial charge on any atom is 0.228 e. The Kier molecular flexibility index (Phi) is 13.2. The van der Waals surface area contributed by atoms with E-state index in [1.165, 1.54) is 62.7 Å². The Morgan fingerprint density at radius 2 is 1.63 bits per heavy atom. The summed E-state index contributed by atoms with van der Waals surface area (Å²) in [4.78, 5) is 14.0. The van der Waals surface area contributed by atoms with E-state index in [4.69, 9.17) is 9.47 Å². The van der Waals surface area contributed by atoms with Crippen LogP contribution in [0.1, 0.15) is 87.1 Å². The van der Waals surface area contributed by atoms with Gasteiger partial charge in [-0.2, -0.15) is 4.57 Å². The molecular weight excluding hydrogens is 492 g/mol.